The molecule has 0 heterocycles. The summed E-state index contributed by atoms with van der Waals surface area (Å²) in [5.41, 5.74) is 7.76. The first-order chi connectivity index (χ1) is 13.5. The number of primary amides is 1. The van der Waals surface area contributed by atoms with Crippen LogP contribution in [0.2, 0.25) is 0 Å². The summed E-state index contributed by atoms with van der Waals surface area (Å²) < 4.78 is 5.65. The van der Waals surface area contributed by atoms with E-state index in [1.54, 1.807) is 18.2 Å². The molecule has 1 amide bonds. The summed E-state index contributed by atoms with van der Waals surface area (Å²) in [7, 11) is 0. The molecule has 0 aromatic heterocycles. The van der Waals surface area contributed by atoms with E-state index in [9.17, 15) is 9.90 Å². The van der Waals surface area contributed by atoms with Gasteiger partial charge < -0.3 is 20.9 Å². The lowest BCUT2D eigenvalue weighted by Gasteiger charge is -2.18. The number of carbonyl (C=O) groups excluding carboxylic acids is 1. The quantitative estimate of drug-likeness (QED) is 0.488. The molecular weight excluding hydrogens is 352 g/mol. The zero-order valence-corrected chi connectivity index (χ0v) is 16.9. The predicted molar refractivity (Wildman–Crippen MR) is 113 cm³/mol. The molecule has 2 aromatic rings. The molecule has 5 nitrogen and oxygen atoms in total. The maximum absolute atomic E-state index is 11.8. The number of unbranched alkanes of at least 4 members (excludes halogenated alkanes) is 1. The lowest BCUT2D eigenvalue weighted by molar-refractivity contribution is 0.0995. The molecule has 2 unspecified atom stereocenters. The van der Waals surface area contributed by atoms with Gasteiger partial charge in [-0.3, -0.25) is 4.79 Å². The number of aliphatic hydroxyl groups is 1. The highest BCUT2D eigenvalue weighted by Gasteiger charge is 2.15. The molecule has 28 heavy (non-hydrogen) atoms. The van der Waals surface area contributed by atoms with Crippen molar-refractivity contribution in [2.45, 2.75) is 51.7 Å². The van der Waals surface area contributed by atoms with Crippen LogP contribution in [0, 0.1) is 0 Å². The zero-order chi connectivity index (χ0) is 20.4. The number of ether oxygens (including phenoxy) is 1. The third kappa shape index (κ3) is 6.98. The first-order valence-corrected chi connectivity index (χ1v) is 10.0. The molecule has 0 saturated heterocycles. The van der Waals surface area contributed by atoms with Crippen molar-refractivity contribution in [2.75, 3.05) is 13.2 Å². The summed E-state index contributed by atoms with van der Waals surface area (Å²) in [5, 5.41) is 13.9. The van der Waals surface area contributed by atoms with Gasteiger partial charge in [0.05, 0.1) is 18.3 Å². The lowest BCUT2D eigenvalue weighted by Crippen LogP contribution is -2.31. The highest BCUT2D eigenvalue weighted by molar-refractivity contribution is 5.95. The average molecular weight is 385 g/mol. The topological polar surface area (TPSA) is 84.6 Å². The molecular formula is C23H32N2O3. The Balaban J connectivity index is 1.89. The van der Waals surface area contributed by atoms with E-state index in [1.165, 1.54) is 5.56 Å². The maximum atomic E-state index is 11.8. The van der Waals surface area contributed by atoms with Crippen molar-refractivity contribution in [1.82, 2.24) is 5.32 Å². The van der Waals surface area contributed by atoms with Crippen molar-refractivity contribution in [3.05, 3.63) is 65.2 Å². The van der Waals surface area contributed by atoms with Gasteiger partial charge in [-0.1, -0.05) is 49.7 Å². The molecule has 2 aromatic carbocycles. The Morgan fingerprint density at radius 3 is 2.64 bits per heavy atom. The fourth-order valence-corrected chi connectivity index (χ4v) is 2.96. The van der Waals surface area contributed by atoms with Crippen molar-refractivity contribution >= 4 is 5.91 Å². The largest absolute Gasteiger partial charge is 0.493 e. The van der Waals surface area contributed by atoms with Gasteiger partial charge in [0.1, 0.15) is 5.75 Å². The standard InChI is InChI=1S/C23H32N2O3/c1-3-4-14-28-22-13-12-19(15-20(22)23(24)27)21(26)16-25-17(2)10-11-18-8-6-5-7-9-18/h5-9,12-13,15,17,21,25-26H,3-4,10-11,14,16H2,1-2H3,(H2,24,27). The number of aryl methyl sites for hydroxylation is 1. The van der Waals surface area contributed by atoms with Crippen LogP contribution in [0.5, 0.6) is 5.75 Å². The van der Waals surface area contributed by atoms with Gasteiger partial charge in [-0.25, -0.2) is 0 Å². The van der Waals surface area contributed by atoms with Crippen LogP contribution >= 0.6 is 0 Å². The second kappa shape index (κ2) is 11.5. The van der Waals surface area contributed by atoms with Gasteiger partial charge in [0, 0.05) is 12.6 Å². The Morgan fingerprint density at radius 2 is 1.96 bits per heavy atom. The van der Waals surface area contributed by atoms with E-state index >= 15 is 0 Å². The third-order valence-electron chi connectivity index (χ3n) is 4.78. The summed E-state index contributed by atoms with van der Waals surface area (Å²) in [6.45, 7) is 5.13. The Labute approximate surface area is 167 Å². The van der Waals surface area contributed by atoms with E-state index in [4.69, 9.17) is 10.5 Å². The highest BCUT2D eigenvalue weighted by atomic mass is 16.5. The van der Waals surface area contributed by atoms with Gasteiger partial charge in [-0.2, -0.15) is 0 Å². The molecule has 0 fully saturated rings. The van der Waals surface area contributed by atoms with Gasteiger partial charge >= 0.3 is 0 Å². The summed E-state index contributed by atoms with van der Waals surface area (Å²) >= 11 is 0. The van der Waals surface area contributed by atoms with E-state index < -0.39 is 12.0 Å². The molecule has 0 radical (unpaired) electrons. The van der Waals surface area contributed by atoms with E-state index in [0.29, 0.717) is 30.0 Å². The van der Waals surface area contributed by atoms with Crippen molar-refractivity contribution in [1.29, 1.82) is 0 Å². The normalized spacial score (nSPS) is 13.1. The van der Waals surface area contributed by atoms with E-state index in [2.05, 4.69) is 31.3 Å². The number of nitrogens with one attached hydrogen (secondary N) is 1. The van der Waals surface area contributed by atoms with Gasteiger partial charge in [0.15, 0.2) is 0 Å². The molecule has 152 valence electrons. The van der Waals surface area contributed by atoms with Crippen molar-refractivity contribution in [3.63, 3.8) is 0 Å². The Morgan fingerprint density at radius 1 is 1.21 bits per heavy atom. The van der Waals surface area contributed by atoms with Crippen LogP contribution < -0.4 is 15.8 Å². The average Bonchev–Trinajstić information content (AvgIpc) is 2.71. The van der Waals surface area contributed by atoms with Gasteiger partial charge in [-0.15, -0.1) is 0 Å². The minimum atomic E-state index is -0.720. The maximum Gasteiger partial charge on any atom is 0.252 e. The molecule has 2 rings (SSSR count). The number of carbonyl (C=O) groups is 1. The molecule has 0 bridgehead atoms. The molecule has 5 heteroatoms. The number of hydrogen-bond donors (Lipinski definition) is 3. The number of aliphatic hydroxyl groups excluding tert-OH is 1. The Kier molecular flexibility index (Phi) is 8.98. The fraction of sp³-hybridized carbons (Fsp3) is 0.435. The Bertz CT molecular complexity index is 734. The number of hydrogen-bond acceptors (Lipinski definition) is 4. The number of nitrogens with two attached hydrogens (primary N) is 1. The summed E-state index contributed by atoms with van der Waals surface area (Å²) in [6.07, 6.45) is 3.17. The van der Waals surface area contributed by atoms with Crippen LogP contribution in [0.4, 0.5) is 0 Å². The lowest BCUT2D eigenvalue weighted by atomic mass is 10.0. The van der Waals surface area contributed by atoms with Crippen LogP contribution in [0.15, 0.2) is 48.5 Å². The van der Waals surface area contributed by atoms with Crippen LogP contribution in [0.3, 0.4) is 0 Å². The van der Waals surface area contributed by atoms with Gasteiger partial charge in [0.25, 0.3) is 5.91 Å². The second-order valence-electron chi connectivity index (χ2n) is 7.17. The van der Waals surface area contributed by atoms with Crippen molar-refractivity contribution in [3.8, 4) is 5.75 Å². The molecule has 0 spiro atoms. The molecule has 0 aliphatic rings. The minimum Gasteiger partial charge on any atom is -0.493 e. The number of rotatable bonds is 12. The van der Waals surface area contributed by atoms with E-state index in [1.807, 2.05) is 18.2 Å². The monoisotopic (exact) mass is 384 g/mol. The smallest absolute Gasteiger partial charge is 0.252 e. The van der Waals surface area contributed by atoms with Crippen molar-refractivity contribution in [2.24, 2.45) is 5.73 Å². The van der Waals surface area contributed by atoms with Crippen LogP contribution in [-0.4, -0.2) is 30.2 Å². The first-order valence-electron chi connectivity index (χ1n) is 10.0. The Hall–Kier alpha value is -2.37. The van der Waals surface area contributed by atoms with E-state index in [-0.39, 0.29) is 6.04 Å². The fourth-order valence-electron chi connectivity index (χ4n) is 2.96. The second-order valence-corrected chi connectivity index (χ2v) is 7.17. The predicted octanol–water partition coefficient (Wildman–Crippen LogP) is 3.61. The van der Waals surface area contributed by atoms with Crippen molar-refractivity contribution < 1.29 is 14.6 Å². The number of benzene rings is 2. The summed E-state index contributed by atoms with van der Waals surface area (Å²) in [4.78, 5) is 11.8. The summed E-state index contributed by atoms with van der Waals surface area (Å²) in [6, 6.07) is 15.7. The van der Waals surface area contributed by atoms with E-state index in [0.717, 1.165) is 25.7 Å². The molecule has 0 aliphatic carbocycles. The molecule has 0 aliphatic heterocycles. The SMILES string of the molecule is CCCCOc1ccc(C(O)CNC(C)CCc2ccccc2)cc1C(N)=O. The van der Waals surface area contributed by atoms with Crippen LogP contribution in [-0.2, 0) is 6.42 Å². The molecule has 0 saturated carbocycles. The number of amides is 1. The van der Waals surface area contributed by atoms with Gasteiger partial charge in [-0.05, 0) is 49.4 Å². The summed E-state index contributed by atoms with van der Waals surface area (Å²) in [5.74, 6) is -0.0779. The van der Waals surface area contributed by atoms with Gasteiger partial charge in [0.2, 0.25) is 0 Å². The van der Waals surface area contributed by atoms with Crippen LogP contribution in [0.25, 0.3) is 0 Å². The third-order valence-corrected chi connectivity index (χ3v) is 4.78. The molecule has 2 atom stereocenters. The molecule has 4 N–H and O–H groups in total. The van der Waals surface area contributed by atoms with Crippen LogP contribution in [0.1, 0.15) is 60.7 Å². The zero-order valence-electron chi connectivity index (χ0n) is 16.9. The highest BCUT2D eigenvalue weighted by Crippen LogP contribution is 2.24. The first kappa shape index (κ1) is 21.9. The minimum absolute atomic E-state index is 0.266.